The van der Waals surface area contributed by atoms with Crippen molar-refractivity contribution in [3.05, 3.63) is 24.3 Å². The molecule has 0 fully saturated rings. The van der Waals surface area contributed by atoms with Crippen LogP contribution in [0.15, 0.2) is 29.2 Å². The summed E-state index contributed by atoms with van der Waals surface area (Å²) in [7, 11) is -4.07. The first-order chi connectivity index (χ1) is 10.3. The largest absolute Gasteiger partial charge is 0.492 e. The third-order valence-corrected chi connectivity index (χ3v) is 4.11. The number of benzene rings is 1. The fourth-order valence-corrected chi connectivity index (χ4v) is 2.93. The molecule has 0 saturated heterocycles. The van der Waals surface area contributed by atoms with Gasteiger partial charge < -0.3 is 14.6 Å². The maximum atomic E-state index is 12.3. The Morgan fingerprint density at radius 3 is 2.55 bits per heavy atom. The quantitative estimate of drug-likeness (QED) is 0.655. The molecule has 22 heavy (non-hydrogen) atoms. The summed E-state index contributed by atoms with van der Waals surface area (Å²) in [6, 6.07) is 4.65. The molecule has 2 N–H and O–H groups in total. The van der Waals surface area contributed by atoms with Gasteiger partial charge in [-0.15, -0.1) is 0 Å². The number of hydrogen-bond acceptors (Lipinski definition) is 5. The molecule has 0 radical (unpaired) electrons. The van der Waals surface area contributed by atoms with Crippen LogP contribution in [0, 0.1) is 5.92 Å². The number of para-hydroxylation sites is 1. The molecule has 1 atom stereocenters. The maximum absolute atomic E-state index is 12.3. The van der Waals surface area contributed by atoms with E-state index in [1.165, 1.54) is 18.2 Å². The molecule has 0 amide bonds. The van der Waals surface area contributed by atoms with E-state index in [1.54, 1.807) is 6.07 Å². The van der Waals surface area contributed by atoms with Crippen molar-refractivity contribution in [1.29, 1.82) is 0 Å². The van der Waals surface area contributed by atoms with Gasteiger partial charge in [-0.05, 0) is 18.1 Å². The van der Waals surface area contributed by atoms with Gasteiger partial charge >= 0.3 is 5.97 Å². The third kappa shape index (κ3) is 5.45. The molecule has 1 unspecified atom stereocenters. The Morgan fingerprint density at radius 1 is 1.36 bits per heavy atom. The molecule has 122 valence electrons. The minimum absolute atomic E-state index is 0.132. The highest BCUT2D eigenvalue weighted by Crippen LogP contribution is 2.24. The second kappa shape index (κ2) is 7.90. The SMILES string of the molecule is CC(C)COc1ccccc1S(=O)(=O)NC(C=O)CC(=O)O. The van der Waals surface area contributed by atoms with Crippen LogP contribution in [-0.4, -0.2) is 38.4 Å². The van der Waals surface area contributed by atoms with Gasteiger partial charge in [-0.3, -0.25) is 4.79 Å². The van der Waals surface area contributed by atoms with Crippen LogP contribution in [0.2, 0.25) is 0 Å². The Kier molecular flexibility index (Phi) is 6.51. The first-order valence-electron chi connectivity index (χ1n) is 6.67. The Bertz CT molecular complexity index is 626. The van der Waals surface area contributed by atoms with E-state index >= 15 is 0 Å². The molecule has 0 spiro atoms. The molecule has 0 saturated carbocycles. The molecular weight excluding hydrogens is 310 g/mol. The van der Waals surface area contributed by atoms with Crippen LogP contribution in [-0.2, 0) is 19.6 Å². The van der Waals surface area contributed by atoms with Crippen LogP contribution >= 0.6 is 0 Å². The van der Waals surface area contributed by atoms with E-state index < -0.39 is 28.5 Å². The maximum Gasteiger partial charge on any atom is 0.305 e. The highest BCUT2D eigenvalue weighted by atomic mass is 32.2. The van der Waals surface area contributed by atoms with E-state index in [2.05, 4.69) is 4.72 Å². The number of sulfonamides is 1. The zero-order valence-corrected chi connectivity index (χ0v) is 13.2. The molecule has 1 aromatic rings. The Balaban J connectivity index is 3.01. The highest BCUT2D eigenvalue weighted by molar-refractivity contribution is 7.89. The van der Waals surface area contributed by atoms with Crippen LogP contribution in [0.1, 0.15) is 20.3 Å². The van der Waals surface area contributed by atoms with Gasteiger partial charge in [0.05, 0.1) is 19.1 Å². The van der Waals surface area contributed by atoms with Gasteiger partial charge in [-0.25, -0.2) is 13.1 Å². The molecule has 0 bridgehead atoms. The first kappa shape index (κ1) is 18.1. The fraction of sp³-hybridized carbons (Fsp3) is 0.429. The Labute approximate surface area is 129 Å². The lowest BCUT2D eigenvalue weighted by atomic mass is 10.2. The van der Waals surface area contributed by atoms with Crippen molar-refractivity contribution in [3.8, 4) is 5.75 Å². The van der Waals surface area contributed by atoms with Gasteiger partial charge in [-0.2, -0.15) is 0 Å². The number of hydrogen-bond donors (Lipinski definition) is 2. The van der Waals surface area contributed by atoms with Crippen molar-refractivity contribution in [3.63, 3.8) is 0 Å². The number of carboxylic acid groups (broad SMARTS) is 1. The van der Waals surface area contributed by atoms with Gasteiger partial charge in [0.1, 0.15) is 16.9 Å². The summed E-state index contributed by atoms with van der Waals surface area (Å²) in [5, 5.41) is 8.66. The van der Waals surface area contributed by atoms with Crippen molar-refractivity contribution in [1.82, 2.24) is 4.72 Å². The second-order valence-corrected chi connectivity index (χ2v) is 6.80. The number of ether oxygens (including phenoxy) is 1. The molecule has 8 heteroatoms. The Morgan fingerprint density at radius 2 is 2.00 bits per heavy atom. The minimum Gasteiger partial charge on any atom is -0.492 e. The minimum atomic E-state index is -4.07. The molecule has 0 heterocycles. The lowest BCUT2D eigenvalue weighted by Crippen LogP contribution is -2.37. The van der Waals surface area contributed by atoms with Crippen molar-refractivity contribution in [2.24, 2.45) is 5.92 Å². The summed E-state index contributed by atoms with van der Waals surface area (Å²) in [5.41, 5.74) is 0. The van der Waals surface area contributed by atoms with E-state index in [9.17, 15) is 18.0 Å². The van der Waals surface area contributed by atoms with E-state index in [0.29, 0.717) is 6.61 Å². The monoisotopic (exact) mass is 329 g/mol. The van der Waals surface area contributed by atoms with Gasteiger partial charge in [0.25, 0.3) is 0 Å². The zero-order valence-electron chi connectivity index (χ0n) is 12.4. The van der Waals surface area contributed by atoms with E-state index in [4.69, 9.17) is 9.84 Å². The third-order valence-electron chi connectivity index (χ3n) is 2.58. The van der Waals surface area contributed by atoms with Crippen LogP contribution in [0.5, 0.6) is 5.75 Å². The summed E-state index contributed by atoms with van der Waals surface area (Å²) in [4.78, 5) is 21.3. The fourth-order valence-electron chi connectivity index (χ4n) is 1.62. The summed E-state index contributed by atoms with van der Waals surface area (Å²) < 4.78 is 32.1. The summed E-state index contributed by atoms with van der Waals surface area (Å²) >= 11 is 0. The lowest BCUT2D eigenvalue weighted by molar-refractivity contribution is -0.138. The van der Waals surface area contributed by atoms with E-state index in [1.807, 2.05) is 13.8 Å². The lowest BCUT2D eigenvalue weighted by Gasteiger charge is -2.15. The second-order valence-electron chi connectivity index (χ2n) is 5.11. The number of rotatable bonds is 9. The van der Waals surface area contributed by atoms with Crippen LogP contribution in [0.25, 0.3) is 0 Å². The summed E-state index contributed by atoms with van der Waals surface area (Å²) in [6.45, 7) is 4.17. The smallest absolute Gasteiger partial charge is 0.305 e. The van der Waals surface area contributed by atoms with Gasteiger partial charge in [0.15, 0.2) is 0 Å². The molecule has 0 aliphatic carbocycles. The van der Waals surface area contributed by atoms with Crippen molar-refractivity contribution in [2.75, 3.05) is 6.61 Å². The van der Waals surface area contributed by atoms with Gasteiger partial charge in [0, 0.05) is 0 Å². The van der Waals surface area contributed by atoms with Crippen LogP contribution in [0.3, 0.4) is 0 Å². The topological polar surface area (TPSA) is 110 Å². The normalized spacial score (nSPS) is 12.9. The molecule has 1 rings (SSSR count). The van der Waals surface area contributed by atoms with Crippen molar-refractivity contribution >= 4 is 22.3 Å². The number of aldehydes is 1. The molecule has 0 aliphatic rings. The van der Waals surface area contributed by atoms with E-state index in [0.717, 1.165) is 0 Å². The summed E-state index contributed by atoms with van der Waals surface area (Å²) in [6.07, 6.45) is -0.374. The molecule has 1 aromatic carbocycles. The molecule has 0 aromatic heterocycles. The highest BCUT2D eigenvalue weighted by Gasteiger charge is 2.24. The van der Waals surface area contributed by atoms with Crippen LogP contribution < -0.4 is 9.46 Å². The predicted molar refractivity (Wildman–Crippen MR) is 79.2 cm³/mol. The predicted octanol–water partition coefficient (Wildman–Crippen LogP) is 1.04. The number of carbonyl (C=O) groups is 2. The number of carbonyl (C=O) groups excluding carboxylic acids is 1. The Hall–Kier alpha value is -1.93. The standard InChI is InChI=1S/C14H19NO6S/c1-10(2)9-21-12-5-3-4-6-13(12)22(19,20)15-11(8-16)7-14(17)18/h3-6,8,10-11,15H,7,9H2,1-2H3,(H,17,18). The molecular formula is C14H19NO6S. The average molecular weight is 329 g/mol. The molecule has 7 nitrogen and oxygen atoms in total. The molecule has 0 aliphatic heterocycles. The first-order valence-corrected chi connectivity index (χ1v) is 8.16. The number of carboxylic acids is 1. The average Bonchev–Trinajstić information content (AvgIpc) is 2.43. The zero-order chi connectivity index (χ0) is 16.8. The van der Waals surface area contributed by atoms with Crippen molar-refractivity contribution in [2.45, 2.75) is 31.2 Å². The van der Waals surface area contributed by atoms with E-state index in [-0.39, 0.29) is 22.8 Å². The van der Waals surface area contributed by atoms with Crippen molar-refractivity contribution < 1.29 is 27.9 Å². The van der Waals surface area contributed by atoms with Gasteiger partial charge in [-0.1, -0.05) is 26.0 Å². The summed E-state index contributed by atoms with van der Waals surface area (Å²) in [5.74, 6) is -0.911. The van der Waals surface area contributed by atoms with Gasteiger partial charge in [0.2, 0.25) is 10.0 Å². The number of aliphatic carboxylic acids is 1. The number of nitrogens with one attached hydrogen (secondary N) is 1. The van der Waals surface area contributed by atoms with Crippen LogP contribution in [0.4, 0.5) is 0 Å².